The predicted octanol–water partition coefficient (Wildman–Crippen LogP) is 2.47. The van der Waals surface area contributed by atoms with Gasteiger partial charge in [-0.3, -0.25) is 4.79 Å². The molecule has 1 aromatic carbocycles. The number of carbonyl (C=O) groups excluding carboxylic acids is 1. The number of Topliss-reactive ketones (excluding diaryl/α,β-unsaturated/α-hetero) is 1. The van der Waals surface area contributed by atoms with Gasteiger partial charge in [-0.1, -0.05) is 25.1 Å². The molecule has 2 heteroatoms. The molecule has 0 aromatic heterocycles. The van der Waals surface area contributed by atoms with Crippen LogP contribution in [-0.2, 0) is 4.79 Å². The molecule has 1 aliphatic heterocycles. The highest BCUT2D eigenvalue weighted by Crippen LogP contribution is 2.34. The molecule has 1 aromatic rings. The Balaban J connectivity index is 2.50. The lowest BCUT2D eigenvalue weighted by molar-refractivity contribution is -0.111. The van der Waals surface area contributed by atoms with Crippen LogP contribution in [0.5, 0.6) is 0 Å². The summed E-state index contributed by atoms with van der Waals surface area (Å²) in [5, 5.41) is 0. The Morgan fingerprint density at radius 3 is 2.69 bits per heavy atom. The van der Waals surface area contributed by atoms with Crippen molar-refractivity contribution in [2.45, 2.75) is 19.8 Å². The van der Waals surface area contributed by atoms with Gasteiger partial charge in [0, 0.05) is 12.8 Å². The van der Waals surface area contributed by atoms with Crippen LogP contribution in [0, 0.1) is 0 Å². The molecule has 0 bridgehead atoms. The largest absolute Gasteiger partial charge is 0.293 e. The summed E-state index contributed by atoms with van der Waals surface area (Å²) in [6.07, 6.45) is 0. The summed E-state index contributed by atoms with van der Waals surface area (Å²) in [5.41, 5.74) is 2.79. The van der Waals surface area contributed by atoms with Crippen molar-refractivity contribution < 1.29 is 4.79 Å². The Labute approximate surface area is 77.3 Å². The number of rotatable bonds is 1. The molecule has 0 aliphatic carbocycles. The number of para-hydroxylation sites is 1. The van der Waals surface area contributed by atoms with E-state index >= 15 is 0 Å². The van der Waals surface area contributed by atoms with Gasteiger partial charge in [0.2, 0.25) is 0 Å². The highest BCUT2D eigenvalue weighted by molar-refractivity contribution is 6.42. The number of aliphatic imine (C=N–C) groups is 1. The Morgan fingerprint density at radius 2 is 2.08 bits per heavy atom. The molecular formula is C11H11NO. The van der Waals surface area contributed by atoms with Gasteiger partial charge in [-0.05, 0) is 11.6 Å². The van der Waals surface area contributed by atoms with Gasteiger partial charge in [-0.15, -0.1) is 0 Å². The van der Waals surface area contributed by atoms with E-state index in [0.29, 0.717) is 5.71 Å². The molecule has 0 spiro atoms. The van der Waals surface area contributed by atoms with Crippen LogP contribution < -0.4 is 0 Å². The van der Waals surface area contributed by atoms with Crippen molar-refractivity contribution in [3.05, 3.63) is 29.8 Å². The molecule has 1 atom stereocenters. The van der Waals surface area contributed by atoms with Gasteiger partial charge in [0.25, 0.3) is 0 Å². The predicted molar refractivity (Wildman–Crippen MR) is 52.6 cm³/mol. The van der Waals surface area contributed by atoms with Crippen LogP contribution in [0.15, 0.2) is 29.3 Å². The van der Waals surface area contributed by atoms with Crippen molar-refractivity contribution in [3.63, 3.8) is 0 Å². The lowest BCUT2D eigenvalue weighted by Crippen LogP contribution is -2.13. The second-order valence-electron chi connectivity index (χ2n) is 3.33. The van der Waals surface area contributed by atoms with Crippen molar-refractivity contribution in [2.75, 3.05) is 0 Å². The summed E-state index contributed by atoms with van der Waals surface area (Å²) in [4.78, 5) is 15.5. The molecule has 0 saturated heterocycles. The topological polar surface area (TPSA) is 29.4 Å². The first-order valence-electron chi connectivity index (χ1n) is 4.38. The number of nitrogens with zero attached hydrogens (tertiary/aromatic N) is 1. The number of fused-ring (bicyclic) bond motifs is 1. The fourth-order valence-electron chi connectivity index (χ4n) is 1.71. The Bertz CT molecular complexity index is 393. The first kappa shape index (κ1) is 8.17. The molecular weight excluding hydrogens is 162 g/mol. The van der Waals surface area contributed by atoms with Gasteiger partial charge >= 0.3 is 0 Å². The van der Waals surface area contributed by atoms with E-state index in [0.717, 1.165) is 11.3 Å². The van der Waals surface area contributed by atoms with Crippen LogP contribution in [0.1, 0.15) is 25.3 Å². The minimum Gasteiger partial charge on any atom is -0.293 e. The minimum atomic E-state index is 0.0729. The van der Waals surface area contributed by atoms with Crippen molar-refractivity contribution in [3.8, 4) is 0 Å². The molecule has 0 fully saturated rings. The van der Waals surface area contributed by atoms with Crippen LogP contribution in [-0.4, -0.2) is 11.5 Å². The third kappa shape index (κ3) is 1.18. The van der Waals surface area contributed by atoms with Gasteiger partial charge < -0.3 is 0 Å². The number of carbonyl (C=O) groups is 1. The van der Waals surface area contributed by atoms with Gasteiger partial charge in [-0.2, -0.15) is 0 Å². The molecule has 2 nitrogen and oxygen atoms in total. The van der Waals surface area contributed by atoms with Crippen molar-refractivity contribution >= 4 is 17.2 Å². The smallest absolute Gasteiger partial charge is 0.174 e. The molecule has 0 amide bonds. The van der Waals surface area contributed by atoms with E-state index in [9.17, 15) is 4.79 Å². The number of ketones is 1. The van der Waals surface area contributed by atoms with Crippen molar-refractivity contribution in [2.24, 2.45) is 4.99 Å². The quantitative estimate of drug-likeness (QED) is 0.641. The van der Waals surface area contributed by atoms with Crippen LogP contribution >= 0.6 is 0 Å². The lowest BCUT2D eigenvalue weighted by Gasteiger charge is -2.04. The van der Waals surface area contributed by atoms with Crippen molar-refractivity contribution in [1.29, 1.82) is 0 Å². The van der Waals surface area contributed by atoms with E-state index in [4.69, 9.17) is 0 Å². The average molecular weight is 173 g/mol. The third-order valence-electron chi connectivity index (χ3n) is 2.42. The van der Waals surface area contributed by atoms with E-state index < -0.39 is 0 Å². The fraction of sp³-hybridized carbons (Fsp3) is 0.273. The van der Waals surface area contributed by atoms with Gasteiger partial charge in [0.1, 0.15) is 0 Å². The Morgan fingerprint density at radius 1 is 1.38 bits per heavy atom. The maximum Gasteiger partial charge on any atom is 0.174 e. The molecule has 0 radical (unpaired) electrons. The normalized spacial score (nSPS) is 19.5. The van der Waals surface area contributed by atoms with Crippen LogP contribution in [0.25, 0.3) is 0 Å². The second-order valence-corrected chi connectivity index (χ2v) is 3.33. The maximum atomic E-state index is 11.2. The second kappa shape index (κ2) is 2.80. The summed E-state index contributed by atoms with van der Waals surface area (Å²) >= 11 is 0. The van der Waals surface area contributed by atoms with E-state index in [1.54, 1.807) is 6.92 Å². The molecule has 0 saturated carbocycles. The van der Waals surface area contributed by atoms with Gasteiger partial charge in [0.05, 0.1) is 11.4 Å². The van der Waals surface area contributed by atoms with Gasteiger partial charge in [0.15, 0.2) is 5.78 Å². The van der Waals surface area contributed by atoms with E-state index in [2.05, 4.69) is 4.99 Å². The number of hydrogen-bond donors (Lipinski definition) is 0. The van der Waals surface area contributed by atoms with Crippen LogP contribution in [0.3, 0.4) is 0 Å². The summed E-state index contributed by atoms with van der Waals surface area (Å²) in [6, 6.07) is 7.90. The molecule has 66 valence electrons. The van der Waals surface area contributed by atoms with Crippen LogP contribution in [0.4, 0.5) is 5.69 Å². The minimum absolute atomic E-state index is 0.0729. The Kier molecular flexibility index (Phi) is 1.76. The highest BCUT2D eigenvalue weighted by Gasteiger charge is 2.25. The summed E-state index contributed by atoms with van der Waals surface area (Å²) < 4.78 is 0. The molecule has 0 unspecified atom stereocenters. The summed E-state index contributed by atoms with van der Waals surface area (Å²) in [6.45, 7) is 3.59. The zero-order valence-electron chi connectivity index (χ0n) is 7.74. The van der Waals surface area contributed by atoms with E-state index in [-0.39, 0.29) is 11.7 Å². The zero-order valence-corrected chi connectivity index (χ0v) is 7.74. The molecule has 0 N–H and O–H groups in total. The SMILES string of the molecule is CC(=O)C1=Nc2ccccc2[C@@H]1C. The standard InChI is InChI=1S/C11H11NO/c1-7-9-5-3-4-6-10(9)12-11(7)8(2)13/h3-7H,1-2H3/t7-/m0/s1. The zero-order chi connectivity index (χ0) is 9.42. The first-order valence-corrected chi connectivity index (χ1v) is 4.38. The summed E-state index contributed by atoms with van der Waals surface area (Å²) in [7, 11) is 0. The van der Waals surface area contributed by atoms with Crippen molar-refractivity contribution in [1.82, 2.24) is 0 Å². The van der Waals surface area contributed by atoms with E-state index in [1.807, 2.05) is 31.2 Å². The summed E-state index contributed by atoms with van der Waals surface area (Å²) in [5.74, 6) is 0.234. The molecule has 1 heterocycles. The fourth-order valence-corrected chi connectivity index (χ4v) is 1.71. The third-order valence-corrected chi connectivity index (χ3v) is 2.42. The molecule has 1 aliphatic rings. The monoisotopic (exact) mass is 173 g/mol. The number of benzene rings is 1. The number of hydrogen-bond acceptors (Lipinski definition) is 2. The Hall–Kier alpha value is -1.44. The first-order chi connectivity index (χ1) is 6.20. The molecule has 13 heavy (non-hydrogen) atoms. The van der Waals surface area contributed by atoms with E-state index in [1.165, 1.54) is 0 Å². The van der Waals surface area contributed by atoms with Crippen LogP contribution in [0.2, 0.25) is 0 Å². The molecule has 2 rings (SSSR count). The maximum absolute atomic E-state index is 11.2. The average Bonchev–Trinajstić information content (AvgIpc) is 2.45. The van der Waals surface area contributed by atoms with Gasteiger partial charge in [-0.25, -0.2) is 4.99 Å². The lowest BCUT2D eigenvalue weighted by atomic mass is 9.96. The highest BCUT2D eigenvalue weighted by atomic mass is 16.1.